The van der Waals surface area contributed by atoms with Gasteiger partial charge in [-0.05, 0) is 32.1 Å². The van der Waals surface area contributed by atoms with E-state index in [9.17, 15) is 9.59 Å². The average molecular weight is 255 g/mol. The van der Waals surface area contributed by atoms with Crippen LogP contribution in [0.3, 0.4) is 0 Å². The van der Waals surface area contributed by atoms with Crippen LogP contribution in [0.1, 0.15) is 52.4 Å². The maximum Gasteiger partial charge on any atom is 0.306 e. The number of hydrogen-bond donors (Lipinski definition) is 1. The van der Waals surface area contributed by atoms with Crippen molar-refractivity contribution >= 4 is 11.9 Å². The molecule has 1 saturated carbocycles. The lowest BCUT2D eigenvalue weighted by atomic mass is 9.80. The van der Waals surface area contributed by atoms with Gasteiger partial charge in [-0.15, -0.1) is 0 Å². The standard InChI is InChI=1S/C14H25NO3/c1-4-12(5-2)15(3)13(16)10-7-6-8-11(9-10)14(17)18/h10-12H,4-9H2,1-3H3,(H,17,18). The van der Waals surface area contributed by atoms with Crippen LogP contribution in [0.2, 0.25) is 0 Å². The molecule has 0 aromatic heterocycles. The predicted octanol–water partition coefficient (Wildman–Crippen LogP) is 2.52. The number of hydrogen-bond acceptors (Lipinski definition) is 2. The molecule has 4 heteroatoms. The molecule has 1 amide bonds. The molecule has 0 radical (unpaired) electrons. The summed E-state index contributed by atoms with van der Waals surface area (Å²) in [6, 6.07) is 0.280. The highest BCUT2D eigenvalue weighted by Gasteiger charge is 2.33. The lowest BCUT2D eigenvalue weighted by molar-refractivity contribution is -0.145. The Hall–Kier alpha value is -1.06. The predicted molar refractivity (Wildman–Crippen MR) is 70.2 cm³/mol. The highest BCUT2D eigenvalue weighted by molar-refractivity contribution is 5.80. The summed E-state index contributed by atoms with van der Waals surface area (Å²) < 4.78 is 0. The van der Waals surface area contributed by atoms with Gasteiger partial charge in [-0.3, -0.25) is 9.59 Å². The van der Waals surface area contributed by atoms with E-state index in [0.29, 0.717) is 12.8 Å². The smallest absolute Gasteiger partial charge is 0.306 e. The van der Waals surface area contributed by atoms with E-state index in [4.69, 9.17) is 5.11 Å². The number of carbonyl (C=O) groups excluding carboxylic acids is 1. The van der Waals surface area contributed by atoms with Crippen molar-refractivity contribution in [1.82, 2.24) is 4.90 Å². The van der Waals surface area contributed by atoms with Gasteiger partial charge >= 0.3 is 5.97 Å². The second kappa shape index (κ2) is 6.76. The van der Waals surface area contributed by atoms with Gasteiger partial charge < -0.3 is 10.0 Å². The molecule has 0 aromatic rings. The Balaban J connectivity index is 2.63. The summed E-state index contributed by atoms with van der Waals surface area (Å²) >= 11 is 0. The molecule has 1 N–H and O–H groups in total. The molecule has 1 fully saturated rings. The molecule has 104 valence electrons. The molecule has 0 aliphatic heterocycles. The highest BCUT2D eigenvalue weighted by atomic mass is 16.4. The van der Waals surface area contributed by atoms with E-state index in [-0.39, 0.29) is 23.8 Å². The maximum absolute atomic E-state index is 12.4. The molecule has 0 bridgehead atoms. The van der Waals surface area contributed by atoms with E-state index in [0.717, 1.165) is 25.7 Å². The van der Waals surface area contributed by atoms with Crippen LogP contribution >= 0.6 is 0 Å². The van der Waals surface area contributed by atoms with Crippen molar-refractivity contribution in [1.29, 1.82) is 0 Å². The minimum atomic E-state index is -0.752. The molecule has 0 aromatic carbocycles. The molecular weight excluding hydrogens is 230 g/mol. The van der Waals surface area contributed by atoms with Crippen molar-refractivity contribution in [2.75, 3.05) is 7.05 Å². The molecule has 4 nitrogen and oxygen atoms in total. The molecule has 0 saturated heterocycles. The van der Waals surface area contributed by atoms with Crippen molar-refractivity contribution in [3.8, 4) is 0 Å². The summed E-state index contributed by atoms with van der Waals surface area (Å²) in [4.78, 5) is 25.2. The topological polar surface area (TPSA) is 57.6 Å². The lowest BCUT2D eigenvalue weighted by Gasteiger charge is -2.33. The second-order valence-electron chi connectivity index (χ2n) is 5.32. The largest absolute Gasteiger partial charge is 0.481 e. The number of carboxylic acid groups (broad SMARTS) is 1. The van der Waals surface area contributed by atoms with Gasteiger partial charge in [0.2, 0.25) is 5.91 Å². The first-order chi connectivity index (χ1) is 8.51. The van der Waals surface area contributed by atoms with Gasteiger partial charge in [0, 0.05) is 19.0 Å². The van der Waals surface area contributed by atoms with Gasteiger partial charge in [0.15, 0.2) is 0 Å². The third-order valence-electron chi connectivity index (χ3n) is 4.21. The SMILES string of the molecule is CCC(CC)N(C)C(=O)C1CCCC(C(=O)O)C1. The van der Waals surface area contributed by atoms with Crippen LogP contribution < -0.4 is 0 Å². The van der Waals surface area contributed by atoms with Crippen LogP contribution in [-0.2, 0) is 9.59 Å². The molecule has 1 aliphatic rings. The van der Waals surface area contributed by atoms with Gasteiger partial charge in [-0.25, -0.2) is 0 Å². The third kappa shape index (κ3) is 3.47. The monoisotopic (exact) mass is 255 g/mol. The first kappa shape index (κ1) is 15.0. The number of carbonyl (C=O) groups is 2. The molecule has 18 heavy (non-hydrogen) atoms. The normalized spacial score (nSPS) is 24.0. The summed E-state index contributed by atoms with van der Waals surface area (Å²) in [7, 11) is 1.85. The van der Waals surface area contributed by atoms with E-state index in [2.05, 4.69) is 13.8 Å². The Morgan fingerprint density at radius 3 is 2.28 bits per heavy atom. The first-order valence-electron chi connectivity index (χ1n) is 7.00. The van der Waals surface area contributed by atoms with Crippen molar-refractivity contribution in [2.45, 2.75) is 58.4 Å². The lowest BCUT2D eigenvalue weighted by Crippen LogP contribution is -2.42. The molecule has 2 atom stereocenters. The van der Waals surface area contributed by atoms with Crippen molar-refractivity contribution in [3.63, 3.8) is 0 Å². The van der Waals surface area contributed by atoms with Gasteiger partial charge in [-0.1, -0.05) is 20.3 Å². The number of carboxylic acids is 1. The van der Waals surface area contributed by atoms with E-state index >= 15 is 0 Å². The molecule has 0 heterocycles. The van der Waals surface area contributed by atoms with E-state index in [1.165, 1.54) is 0 Å². The minimum Gasteiger partial charge on any atom is -0.481 e. The summed E-state index contributed by atoms with van der Waals surface area (Å²) in [5.41, 5.74) is 0. The number of rotatable bonds is 5. The van der Waals surface area contributed by atoms with Crippen molar-refractivity contribution < 1.29 is 14.7 Å². The number of amides is 1. The first-order valence-corrected chi connectivity index (χ1v) is 7.00. The summed E-state index contributed by atoms with van der Waals surface area (Å²) in [5.74, 6) is -1.04. The molecular formula is C14H25NO3. The van der Waals surface area contributed by atoms with Crippen LogP contribution in [0.4, 0.5) is 0 Å². The summed E-state index contributed by atoms with van der Waals surface area (Å²) in [6.07, 6.45) is 4.82. The number of aliphatic carboxylic acids is 1. The van der Waals surface area contributed by atoms with Crippen LogP contribution in [0.25, 0.3) is 0 Å². The van der Waals surface area contributed by atoms with Crippen molar-refractivity contribution in [3.05, 3.63) is 0 Å². The van der Waals surface area contributed by atoms with Gasteiger partial charge in [0.1, 0.15) is 0 Å². The van der Waals surface area contributed by atoms with Gasteiger partial charge in [0.05, 0.1) is 5.92 Å². The zero-order valence-corrected chi connectivity index (χ0v) is 11.7. The fraction of sp³-hybridized carbons (Fsp3) is 0.857. The average Bonchev–Trinajstić information content (AvgIpc) is 2.39. The van der Waals surface area contributed by atoms with Gasteiger partial charge in [-0.2, -0.15) is 0 Å². The van der Waals surface area contributed by atoms with Crippen LogP contribution in [0.5, 0.6) is 0 Å². The maximum atomic E-state index is 12.4. The van der Waals surface area contributed by atoms with E-state index in [1.54, 1.807) is 0 Å². The quantitative estimate of drug-likeness (QED) is 0.821. The van der Waals surface area contributed by atoms with Crippen LogP contribution in [0.15, 0.2) is 0 Å². The molecule has 1 rings (SSSR count). The van der Waals surface area contributed by atoms with E-state index < -0.39 is 5.97 Å². The Morgan fingerprint density at radius 2 is 1.78 bits per heavy atom. The molecule has 0 spiro atoms. The summed E-state index contributed by atoms with van der Waals surface area (Å²) in [5, 5.41) is 9.05. The zero-order chi connectivity index (χ0) is 13.7. The highest BCUT2D eigenvalue weighted by Crippen LogP contribution is 2.31. The zero-order valence-electron chi connectivity index (χ0n) is 11.7. The Kier molecular flexibility index (Phi) is 5.63. The summed E-state index contributed by atoms with van der Waals surface area (Å²) in [6.45, 7) is 4.16. The van der Waals surface area contributed by atoms with E-state index in [1.807, 2.05) is 11.9 Å². The second-order valence-corrected chi connectivity index (χ2v) is 5.32. The Labute approximate surface area is 109 Å². The Bertz CT molecular complexity index is 299. The van der Waals surface area contributed by atoms with Gasteiger partial charge in [0.25, 0.3) is 0 Å². The number of nitrogens with zero attached hydrogens (tertiary/aromatic N) is 1. The van der Waals surface area contributed by atoms with Crippen LogP contribution in [0, 0.1) is 11.8 Å². The molecule has 2 unspecified atom stereocenters. The molecule has 1 aliphatic carbocycles. The third-order valence-corrected chi connectivity index (χ3v) is 4.21. The Morgan fingerprint density at radius 1 is 1.22 bits per heavy atom. The fourth-order valence-electron chi connectivity index (χ4n) is 2.94. The van der Waals surface area contributed by atoms with Crippen molar-refractivity contribution in [2.24, 2.45) is 11.8 Å². The van der Waals surface area contributed by atoms with Crippen LogP contribution in [-0.4, -0.2) is 35.0 Å². The fourth-order valence-corrected chi connectivity index (χ4v) is 2.94. The minimum absolute atomic E-state index is 0.0922.